The number of hydrogen-bond acceptors (Lipinski definition) is 11. The summed E-state index contributed by atoms with van der Waals surface area (Å²) in [7, 11) is 0.113. The molecular weight excluding hydrogens is 696 g/mol. The number of hydrogen-bond donors (Lipinski definition) is 2. The van der Waals surface area contributed by atoms with Crippen LogP contribution < -0.4 is 29.3 Å². The molecule has 46 heavy (non-hydrogen) atoms. The fraction of sp³-hybridized carbons (Fsp3) is 0.484. The number of piperidine rings is 1. The summed E-state index contributed by atoms with van der Waals surface area (Å²) in [5, 5.41) is 7.09. The van der Waals surface area contributed by atoms with E-state index in [1.54, 1.807) is 18.3 Å². The molecule has 3 aliphatic rings. The summed E-state index contributed by atoms with van der Waals surface area (Å²) in [6.45, 7) is 9.46. The maximum atomic E-state index is 12.5. The van der Waals surface area contributed by atoms with E-state index in [0.29, 0.717) is 69.1 Å². The van der Waals surface area contributed by atoms with Crippen LogP contribution in [0.2, 0.25) is 5.02 Å². The van der Waals surface area contributed by atoms with E-state index in [2.05, 4.69) is 65.2 Å². The third-order valence-corrected chi connectivity index (χ3v) is 11.0. The molecule has 0 aliphatic carbocycles. The van der Waals surface area contributed by atoms with Gasteiger partial charge < -0.3 is 29.9 Å². The molecule has 0 atom stereocenters. The van der Waals surface area contributed by atoms with Gasteiger partial charge in [-0.2, -0.15) is 4.98 Å². The van der Waals surface area contributed by atoms with E-state index in [0.717, 1.165) is 69.6 Å². The summed E-state index contributed by atoms with van der Waals surface area (Å²) >= 11 is 10.4. The molecule has 2 saturated heterocycles. The lowest BCUT2D eigenvalue weighted by molar-refractivity contribution is 0.0982. The van der Waals surface area contributed by atoms with Crippen molar-refractivity contribution in [1.82, 2.24) is 19.8 Å². The van der Waals surface area contributed by atoms with Crippen molar-refractivity contribution in [2.24, 2.45) is 0 Å². The largest absolute Gasteiger partial charge is 0.486 e. The molecular formula is C31H40BrClN8O4S. The molecule has 3 aromatic rings. The molecule has 6 rings (SSSR count). The van der Waals surface area contributed by atoms with Gasteiger partial charge in [0, 0.05) is 76.4 Å². The second-order valence-corrected chi connectivity index (χ2v) is 15.3. The molecule has 12 nitrogen and oxygen atoms in total. The maximum absolute atomic E-state index is 12.5. The van der Waals surface area contributed by atoms with Crippen molar-refractivity contribution in [1.29, 1.82) is 0 Å². The topological polar surface area (TPSA) is 115 Å². The van der Waals surface area contributed by atoms with Crippen LogP contribution in [0.4, 0.5) is 34.5 Å². The predicted octanol–water partition coefficient (Wildman–Crippen LogP) is 5.07. The van der Waals surface area contributed by atoms with Crippen molar-refractivity contribution in [2.45, 2.75) is 25.8 Å². The Kier molecular flexibility index (Phi) is 9.72. The highest BCUT2D eigenvalue weighted by Gasteiger charge is 2.28. The van der Waals surface area contributed by atoms with Gasteiger partial charge in [-0.3, -0.25) is 9.21 Å². The zero-order valence-corrected chi connectivity index (χ0v) is 29.7. The predicted molar refractivity (Wildman–Crippen MR) is 187 cm³/mol. The van der Waals surface area contributed by atoms with Crippen LogP contribution >= 0.6 is 27.5 Å². The number of ether oxygens (including phenoxy) is 2. The van der Waals surface area contributed by atoms with Gasteiger partial charge in [0.1, 0.15) is 19.0 Å². The fourth-order valence-electron chi connectivity index (χ4n) is 6.15. The van der Waals surface area contributed by atoms with Gasteiger partial charge in [0.05, 0.1) is 32.8 Å². The van der Waals surface area contributed by atoms with Crippen molar-refractivity contribution < 1.29 is 17.9 Å². The standard InChI is InChI=1S/C31H40BrClN8O4S/c1-20-15-24(23(33)16-26(20)41-7-5-21(6-8-41)40-11-9-38(2)10-12-40)36-31-34-19-22(32)30(37-31)35-25-17-28-29(45-14-13-44-28)18-27(25)39(3)46(4,42)43/h15-19,21H,5-14H2,1-4H3,(H2,34,35,36,37). The van der Waals surface area contributed by atoms with Gasteiger partial charge in [-0.05, 0) is 60.4 Å². The molecule has 2 fully saturated rings. The first-order valence-electron chi connectivity index (χ1n) is 15.4. The minimum atomic E-state index is -3.57. The van der Waals surface area contributed by atoms with Gasteiger partial charge in [-0.15, -0.1) is 0 Å². The van der Waals surface area contributed by atoms with Crippen LogP contribution in [0.25, 0.3) is 0 Å². The van der Waals surface area contributed by atoms with Crippen LogP contribution in [-0.2, 0) is 10.0 Å². The first-order valence-corrected chi connectivity index (χ1v) is 18.4. The number of likely N-dealkylation sites (N-methyl/N-ethyl adjacent to an activating group) is 1. The number of benzene rings is 2. The Morgan fingerprint density at radius 3 is 2.33 bits per heavy atom. The Bertz CT molecular complexity index is 1700. The van der Waals surface area contributed by atoms with E-state index >= 15 is 0 Å². The Balaban J connectivity index is 1.18. The van der Waals surface area contributed by atoms with E-state index < -0.39 is 10.0 Å². The third kappa shape index (κ3) is 7.25. The fourth-order valence-corrected chi connectivity index (χ4v) is 7.15. The second-order valence-electron chi connectivity index (χ2n) is 12.1. The van der Waals surface area contributed by atoms with Crippen molar-refractivity contribution in [3.63, 3.8) is 0 Å². The van der Waals surface area contributed by atoms with Crippen molar-refractivity contribution in [2.75, 3.05) is 92.7 Å². The Morgan fingerprint density at radius 1 is 0.978 bits per heavy atom. The number of nitrogens with one attached hydrogen (secondary N) is 2. The van der Waals surface area contributed by atoms with Gasteiger partial charge in [0.25, 0.3) is 0 Å². The summed E-state index contributed by atoms with van der Waals surface area (Å²) < 4.78 is 38.2. The van der Waals surface area contributed by atoms with Crippen LogP contribution in [0.5, 0.6) is 11.5 Å². The monoisotopic (exact) mass is 734 g/mol. The molecule has 0 spiro atoms. The van der Waals surface area contributed by atoms with Gasteiger partial charge >= 0.3 is 0 Å². The molecule has 0 unspecified atom stereocenters. The SMILES string of the molecule is Cc1cc(Nc2ncc(Br)c(Nc3cc4c(cc3N(C)S(C)(=O)=O)OCCO4)n2)c(Cl)cc1N1CCC(N2CCN(C)CC2)CC1. The average molecular weight is 736 g/mol. The number of nitrogens with zero attached hydrogens (tertiary/aromatic N) is 6. The molecule has 0 radical (unpaired) electrons. The van der Waals surface area contributed by atoms with Crippen LogP contribution in [0.1, 0.15) is 18.4 Å². The lowest BCUT2D eigenvalue weighted by Crippen LogP contribution is -2.52. The molecule has 0 bridgehead atoms. The van der Waals surface area contributed by atoms with Crippen LogP contribution in [-0.4, -0.2) is 107 Å². The van der Waals surface area contributed by atoms with E-state index in [9.17, 15) is 8.42 Å². The summed E-state index contributed by atoms with van der Waals surface area (Å²) in [4.78, 5) is 16.6. The smallest absolute Gasteiger partial charge is 0.232 e. The van der Waals surface area contributed by atoms with Gasteiger partial charge in [-0.1, -0.05) is 11.6 Å². The van der Waals surface area contributed by atoms with Gasteiger partial charge in [0.15, 0.2) is 11.5 Å². The van der Waals surface area contributed by atoms with E-state index in [1.807, 2.05) is 12.1 Å². The first kappa shape index (κ1) is 32.9. The molecule has 3 aliphatic heterocycles. The highest BCUT2D eigenvalue weighted by molar-refractivity contribution is 9.10. The molecule has 0 amide bonds. The maximum Gasteiger partial charge on any atom is 0.232 e. The zero-order valence-electron chi connectivity index (χ0n) is 26.5. The lowest BCUT2D eigenvalue weighted by atomic mass is 10.0. The second kappa shape index (κ2) is 13.6. The summed E-state index contributed by atoms with van der Waals surface area (Å²) in [5.74, 6) is 1.72. The molecule has 4 heterocycles. The number of rotatable bonds is 8. The highest BCUT2D eigenvalue weighted by Crippen LogP contribution is 2.42. The zero-order chi connectivity index (χ0) is 32.6. The normalized spacial score (nSPS) is 18.0. The van der Waals surface area contributed by atoms with Crippen molar-refractivity contribution in [3.8, 4) is 11.5 Å². The van der Waals surface area contributed by atoms with Crippen LogP contribution in [0, 0.1) is 6.92 Å². The highest BCUT2D eigenvalue weighted by atomic mass is 79.9. The van der Waals surface area contributed by atoms with E-state index in [1.165, 1.54) is 11.4 Å². The number of fused-ring (bicyclic) bond motifs is 1. The number of halogens is 2. The quantitative estimate of drug-likeness (QED) is 0.323. The van der Waals surface area contributed by atoms with Crippen LogP contribution in [0.15, 0.2) is 34.9 Å². The molecule has 248 valence electrons. The van der Waals surface area contributed by atoms with Gasteiger partial charge in [0.2, 0.25) is 16.0 Å². The van der Waals surface area contributed by atoms with Crippen molar-refractivity contribution >= 4 is 72.1 Å². The van der Waals surface area contributed by atoms with Crippen molar-refractivity contribution in [3.05, 3.63) is 45.5 Å². The molecule has 15 heteroatoms. The van der Waals surface area contributed by atoms with E-state index in [4.69, 9.17) is 21.1 Å². The molecule has 0 saturated carbocycles. The molecule has 2 N–H and O–H groups in total. The number of anilines is 6. The van der Waals surface area contributed by atoms with Crippen LogP contribution in [0.3, 0.4) is 0 Å². The van der Waals surface area contributed by atoms with Gasteiger partial charge in [-0.25, -0.2) is 13.4 Å². The number of piperazine rings is 1. The number of sulfonamides is 1. The average Bonchev–Trinajstić information content (AvgIpc) is 3.03. The first-order chi connectivity index (χ1) is 22.0. The summed E-state index contributed by atoms with van der Waals surface area (Å²) in [6.07, 6.45) is 5.06. The lowest BCUT2D eigenvalue weighted by Gasteiger charge is -2.43. The summed E-state index contributed by atoms with van der Waals surface area (Å²) in [6, 6.07) is 8.05. The Labute approximate surface area is 284 Å². The Hall–Kier alpha value is -3.04. The number of aromatic nitrogens is 2. The minimum absolute atomic E-state index is 0.323. The number of aryl methyl sites for hydroxylation is 1. The van der Waals surface area contributed by atoms with E-state index in [-0.39, 0.29) is 0 Å². The Morgan fingerprint density at radius 2 is 1.65 bits per heavy atom. The molecule has 2 aromatic carbocycles. The minimum Gasteiger partial charge on any atom is -0.486 e. The third-order valence-electron chi connectivity index (χ3n) is 8.89. The summed E-state index contributed by atoms with van der Waals surface area (Å²) in [5.41, 5.74) is 3.81. The molecule has 1 aromatic heterocycles.